The van der Waals surface area contributed by atoms with Gasteiger partial charge in [0.2, 0.25) is 5.91 Å². The summed E-state index contributed by atoms with van der Waals surface area (Å²) in [6.45, 7) is 7.34. The topological polar surface area (TPSA) is 119 Å². The van der Waals surface area contributed by atoms with Crippen LogP contribution in [-0.2, 0) is 9.53 Å². The summed E-state index contributed by atoms with van der Waals surface area (Å²) >= 11 is 0. The van der Waals surface area contributed by atoms with Crippen LogP contribution in [0.1, 0.15) is 94.7 Å². The van der Waals surface area contributed by atoms with Crippen LogP contribution < -0.4 is 15.0 Å². The van der Waals surface area contributed by atoms with Gasteiger partial charge in [-0.15, -0.1) is 0 Å². The number of aliphatic hydroxyl groups excluding tert-OH is 1. The average Bonchev–Trinajstić information content (AvgIpc) is 3.59. The number of aromatic nitrogens is 3. The molecule has 10 nitrogen and oxygen atoms in total. The SMILES string of the molecule is COc1ccc(C2CCC(CN(C(=O)C3CCC(OC(=O)NCCCO)CC3)c3cc(-c4cnn(C(C)C)c4)ccn3)CC2)cc1C. The number of hydrogen-bond acceptors (Lipinski definition) is 7. The van der Waals surface area contributed by atoms with Crippen LogP contribution in [-0.4, -0.2) is 64.8 Å². The Morgan fingerprint density at radius 2 is 1.81 bits per heavy atom. The minimum Gasteiger partial charge on any atom is -0.496 e. The molecule has 0 unspecified atom stereocenters. The van der Waals surface area contributed by atoms with E-state index in [4.69, 9.17) is 19.6 Å². The molecular weight excluding hydrogens is 594 g/mol. The highest BCUT2D eigenvalue weighted by Crippen LogP contribution is 2.39. The molecule has 0 bridgehead atoms. The number of nitrogens with zero attached hydrogens (tertiary/aromatic N) is 4. The van der Waals surface area contributed by atoms with Crippen LogP contribution in [0.25, 0.3) is 11.1 Å². The first-order valence-corrected chi connectivity index (χ1v) is 17.3. The number of aliphatic hydroxyl groups is 1. The first-order valence-electron chi connectivity index (χ1n) is 17.3. The van der Waals surface area contributed by atoms with Crippen LogP contribution in [0.2, 0.25) is 0 Å². The van der Waals surface area contributed by atoms with Crippen molar-refractivity contribution in [2.45, 2.75) is 96.6 Å². The lowest BCUT2D eigenvalue weighted by Crippen LogP contribution is -2.42. The quantitative estimate of drug-likeness (QED) is 0.208. The molecule has 2 aliphatic rings. The lowest BCUT2D eigenvalue weighted by atomic mass is 9.78. The van der Waals surface area contributed by atoms with E-state index in [2.05, 4.69) is 49.4 Å². The minimum atomic E-state index is -0.461. The Balaban J connectivity index is 1.28. The van der Waals surface area contributed by atoms with Gasteiger partial charge in [-0.25, -0.2) is 9.78 Å². The molecule has 5 rings (SSSR count). The van der Waals surface area contributed by atoms with Gasteiger partial charge in [-0.1, -0.05) is 12.1 Å². The molecule has 2 fully saturated rings. The van der Waals surface area contributed by atoms with Crippen molar-refractivity contribution < 1.29 is 24.2 Å². The van der Waals surface area contributed by atoms with Crippen molar-refractivity contribution in [3.05, 3.63) is 60.0 Å². The first kappa shape index (κ1) is 34.4. The van der Waals surface area contributed by atoms with E-state index in [1.54, 1.807) is 13.3 Å². The number of amides is 2. The third kappa shape index (κ3) is 8.91. The van der Waals surface area contributed by atoms with Gasteiger partial charge in [0, 0.05) is 49.6 Å². The summed E-state index contributed by atoms with van der Waals surface area (Å²) in [5.74, 6) is 2.44. The summed E-state index contributed by atoms with van der Waals surface area (Å²) in [4.78, 5) is 33.1. The standard InChI is InChI=1S/C37H51N5O5/c1-25(2)42-24-32(22-40-42)31-16-18-38-35(21-31)41(36(44)29-10-13-33(14-11-29)47-37(45)39-17-5-19-43)23-27-6-8-28(9-7-27)30-12-15-34(46-4)26(3)20-30/h12,15-16,18,20-22,24-25,27-29,33,43H,5-11,13-14,17,19,23H2,1-4H3,(H,39,45). The van der Waals surface area contributed by atoms with E-state index in [1.807, 2.05) is 34.1 Å². The lowest BCUT2D eigenvalue weighted by molar-refractivity contribution is -0.124. The number of alkyl carbamates (subject to hydrolysis) is 1. The lowest BCUT2D eigenvalue weighted by Gasteiger charge is -2.35. The summed E-state index contributed by atoms with van der Waals surface area (Å²) in [7, 11) is 1.71. The second-order valence-corrected chi connectivity index (χ2v) is 13.5. The van der Waals surface area contributed by atoms with Gasteiger partial charge in [0.05, 0.1) is 13.3 Å². The van der Waals surface area contributed by atoms with Gasteiger partial charge in [0.15, 0.2) is 0 Å². The van der Waals surface area contributed by atoms with Gasteiger partial charge >= 0.3 is 6.09 Å². The third-order valence-electron chi connectivity index (χ3n) is 9.83. The van der Waals surface area contributed by atoms with Gasteiger partial charge in [0.1, 0.15) is 17.7 Å². The summed E-state index contributed by atoms with van der Waals surface area (Å²) in [5.41, 5.74) is 4.52. The monoisotopic (exact) mass is 645 g/mol. The van der Waals surface area contributed by atoms with Crippen molar-refractivity contribution in [3.8, 4) is 16.9 Å². The van der Waals surface area contributed by atoms with Crippen molar-refractivity contribution in [1.82, 2.24) is 20.1 Å². The van der Waals surface area contributed by atoms with Crippen LogP contribution >= 0.6 is 0 Å². The Kier molecular flexibility index (Phi) is 11.9. The van der Waals surface area contributed by atoms with Gasteiger partial charge in [0.25, 0.3) is 0 Å². The molecule has 0 spiro atoms. The van der Waals surface area contributed by atoms with E-state index >= 15 is 0 Å². The molecule has 254 valence electrons. The van der Waals surface area contributed by atoms with E-state index in [1.165, 1.54) is 5.56 Å². The molecule has 47 heavy (non-hydrogen) atoms. The zero-order valence-electron chi connectivity index (χ0n) is 28.4. The highest BCUT2D eigenvalue weighted by Gasteiger charge is 2.34. The van der Waals surface area contributed by atoms with Crippen LogP contribution in [0.15, 0.2) is 48.9 Å². The van der Waals surface area contributed by atoms with E-state index in [0.29, 0.717) is 62.8 Å². The van der Waals surface area contributed by atoms with Crippen molar-refractivity contribution in [1.29, 1.82) is 0 Å². The number of aryl methyl sites for hydroxylation is 1. The van der Waals surface area contributed by atoms with Crippen molar-refractivity contribution >= 4 is 17.8 Å². The van der Waals surface area contributed by atoms with Crippen LogP contribution in [0.5, 0.6) is 5.75 Å². The van der Waals surface area contributed by atoms with Crippen LogP contribution in [0.3, 0.4) is 0 Å². The largest absolute Gasteiger partial charge is 0.496 e. The minimum absolute atomic E-state index is 0.0210. The molecule has 2 amide bonds. The fourth-order valence-corrected chi connectivity index (χ4v) is 7.01. The van der Waals surface area contributed by atoms with Crippen LogP contribution in [0, 0.1) is 18.8 Å². The van der Waals surface area contributed by atoms with E-state index in [9.17, 15) is 9.59 Å². The normalized spacial score (nSPS) is 21.3. The van der Waals surface area contributed by atoms with Gasteiger partial charge in [-0.2, -0.15) is 5.10 Å². The Bertz CT molecular complexity index is 1470. The first-order chi connectivity index (χ1) is 22.7. The molecule has 3 aromatic rings. The fraction of sp³-hybridized carbons (Fsp3) is 0.568. The van der Waals surface area contributed by atoms with Gasteiger partial charge < -0.3 is 19.9 Å². The molecule has 0 saturated heterocycles. The molecule has 2 aliphatic carbocycles. The Morgan fingerprint density at radius 1 is 1.04 bits per heavy atom. The number of ether oxygens (including phenoxy) is 2. The number of anilines is 1. The van der Waals surface area contributed by atoms with Crippen molar-refractivity contribution in [3.63, 3.8) is 0 Å². The number of nitrogens with one attached hydrogen (secondary N) is 1. The number of carbonyl (C=O) groups excluding carboxylic acids is 2. The maximum atomic E-state index is 14.3. The molecule has 0 radical (unpaired) electrons. The fourth-order valence-electron chi connectivity index (χ4n) is 7.01. The number of carbonyl (C=O) groups is 2. The summed E-state index contributed by atoms with van der Waals surface area (Å²) in [6, 6.07) is 10.8. The van der Waals surface area contributed by atoms with E-state index < -0.39 is 6.09 Å². The molecule has 2 heterocycles. The zero-order valence-corrected chi connectivity index (χ0v) is 28.4. The average molecular weight is 646 g/mol. The van der Waals surface area contributed by atoms with Crippen molar-refractivity contribution in [2.24, 2.45) is 11.8 Å². The van der Waals surface area contributed by atoms with E-state index in [0.717, 1.165) is 48.1 Å². The third-order valence-corrected chi connectivity index (χ3v) is 9.83. The Hall–Kier alpha value is -3.92. The zero-order chi connectivity index (χ0) is 33.3. The molecule has 0 aliphatic heterocycles. The molecule has 1 aromatic carbocycles. The van der Waals surface area contributed by atoms with Gasteiger partial charge in [-0.05, 0) is 125 Å². The second kappa shape index (κ2) is 16.3. The maximum Gasteiger partial charge on any atom is 0.407 e. The highest BCUT2D eigenvalue weighted by atomic mass is 16.6. The summed E-state index contributed by atoms with van der Waals surface area (Å²) in [5, 5.41) is 16.2. The predicted molar refractivity (Wildman–Crippen MR) is 183 cm³/mol. The maximum absolute atomic E-state index is 14.3. The molecule has 0 atom stereocenters. The predicted octanol–water partition coefficient (Wildman–Crippen LogP) is 6.82. The summed E-state index contributed by atoms with van der Waals surface area (Å²) in [6.07, 6.45) is 12.4. The molecule has 10 heteroatoms. The number of methoxy groups -OCH3 is 1. The second-order valence-electron chi connectivity index (χ2n) is 13.5. The van der Waals surface area contributed by atoms with Crippen molar-refractivity contribution in [2.75, 3.05) is 31.7 Å². The number of rotatable bonds is 12. The Morgan fingerprint density at radius 3 is 2.47 bits per heavy atom. The van der Waals surface area contributed by atoms with Crippen LogP contribution in [0.4, 0.5) is 10.6 Å². The van der Waals surface area contributed by atoms with E-state index in [-0.39, 0.29) is 30.6 Å². The molecule has 2 N–H and O–H groups in total. The number of pyridine rings is 1. The van der Waals surface area contributed by atoms with Gasteiger partial charge in [-0.3, -0.25) is 14.4 Å². The number of benzene rings is 1. The smallest absolute Gasteiger partial charge is 0.407 e. The molecule has 2 aromatic heterocycles. The number of hydrogen-bond donors (Lipinski definition) is 2. The molecular formula is C37H51N5O5. The highest BCUT2D eigenvalue weighted by molar-refractivity contribution is 5.94. The Labute approximate surface area is 278 Å². The molecule has 2 saturated carbocycles. The summed E-state index contributed by atoms with van der Waals surface area (Å²) < 4.78 is 13.0.